The highest BCUT2D eigenvalue weighted by Crippen LogP contribution is 2.20. The lowest BCUT2D eigenvalue weighted by Gasteiger charge is -2.20. The van der Waals surface area contributed by atoms with Crippen molar-refractivity contribution in [2.75, 3.05) is 26.7 Å². The maximum atomic E-state index is 12.1. The Balaban J connectivity index is 2.01. The van der Waals surface area contributed by atoms with E-state index in [-0.39, 0.29) is 23.2 Å². The summed E-state index contributed by atoms with van der Waals surface area (Å²) in [6.07, 6.45) is 0.0517. The highest BCUT2D eigenvalue weighted by molar-refractivity contribution is 7.91. The van der Waals surface area contributed by atoms with Crippen LogP contribution in [0.15, 0.2) is 21.7 Å². The Morgan fingerprint density at radius 2 is 2.37 bits per heavy atom. The van der Waals surface area contributed by atoms with Crippen molar-refractivity contribution in [1.82, 2.24) is 9.21 Å². The van der Waals surface area contributed by atoms with E-state index in [2.05, 4.69) is 0 Å². The van der Waals surface area contributed by atoms with Crippen LogP contribution >= 0.6 is 11.3 Å². The first-order chi connectivity index (χ1) is 8.91. The van der Waals surface area contributed by atoms with Crippen molar-refractivity contribution >= 4 is 27.3 Å². The van der Waals surface area contributed by atoms with E-state index in [4.69, 9.17) is 0 Å². The third-order valence-electron chi connectivity index (χ3n) is 3.03. The molecule has 0 aromatic carbocycles. The Hall–Kier alpha value is -0.960. The lowest BCUT2D eigenvalue weighted by atomic mass is 10.3. The Bertz CT molecular complexity index is 541. The molecule has 19 heavy (non-hydrogen) atoms. The average Bonchev–Trinajstić information content (AvgIpc) is 2.99. The molecule has 6 nitrogen and oxygen atoms in total. The van der Waals surface area contributed by atoms with Crippen molar-refractivity contribution in [2.24, 2.45) is 0 Å². The van der Waals surface area contributed by atoms with Crippen LogP contribution in [0.25, 0.3) is 0 Å². The van der Waals surface area contributed by atoms with Crippen molar-refractivity contribution in [2.45, 2.75) is 16.7 Å². The van der Waals surface area contributed by atoms with Crippen LogP contribution in [0.5, 0.6) is 0 Å². The molecule has 1 amide bonds. The predicted molar refractivity (Wildman–Crippen MR) is 71.3 cm³/mol. The van der Waals surface area contributed by atoms with Crippen LogP contribution in [0.2, 0.25) is 0 Å². The van der Waals surface area contributed by atoms with Crippen LogP contribution in [0.1, 0.15) is 6.42 Å². The van der Waals surface area contributed by atoms with Crippen LogP contribution in [-0.2, 0) is 14.8 Å². The molecule has 2 heterocycles. The van der Waals surface area contributed by atoms with Gasteiger partial charge in [-0.15, -0.1) is 11.3 Å². The molecular formula is C11H16N2O4S2. The molecule has 106 valence electrons. The van der Waals surface area contributed by atoms with Crippen molar-refractivity contribution in [3.8, 4) is 0 Å². The minimum atomic E-state index is -3.59. The number of β-amino-alcohol motifs (C(OH)–C–C–N with tert-alkyl or cyclic N) is 1. The van der Waals surface area contributed by atoms with E-state index in [1.807, 2.05) is 0 Å². The number of rotatable bonds is 4. The van der Waals surface area contributed by atoms with Gasteiger partial charge >= 0.3 is 0 Å². The first kappa shape index (κ1) is 14.4. The van der Waals surface area contributed by atoms with Gasteiger partial charge in [0.25, 0.3) is 10.0 Å². The Kier molecular flexibility index (Phi) is 4.24. The summed E-state index contributed by atoms with van der Waals surface area (Å²) in [7, 11) is -2.20. The molecule has 2 rings (SSSR count). The van der Waals surface area contributed by atoms with Gasteiger partial charge in [0.2, 0.25) is 5.91 Å². The van der Waals surface area contributed by atoms with Crippen LogP contribution in [-0.4, -0.2) is 61.4 Å². The molecule has 0 unspecified atom stereocenters. The summed E-state index contributed by atoms with van der Waals surface area (Å²) in [6, 6.07) is 3.17. The third-order valence-corrected chi connectivity index (χ3v) is 6.21. The highest BCUT2D eigenvalue weighted by Gasteiger charge is 2.29. The number of nitrogens with zero attached hydrogens (tertiary/aromatic N) is 2. The summed E-state index contributed by atoms with van der Waals surface area (Å²) in [5, 5.41) is 11.0. The first-order valence-electron chi connectivity index (χ1n) is 5.87. The fourth-order valence-electron chi connectivity index (χ4n) is 1.91. The maximum Gasteiger partial charge on any atom is 0.252 e. The van der Waals surface area contributed by atoms with Crippen molar-refractivity contribution < 1.29 is 18.3 Å². The normalized spacial score (nSPS) is 20.2. The zero-order chi connectivity index (χ0) is 14.0. The van der Waals surface area contributed by atoms with Gasteiger partial charge < -0.3 is 10.0 Å². The number of sulfonamides is 1. The molecule has 1 aromatic heterocycles. The Morgan fingerprint density at radius 3 is 2.89 bits per heavy atom. The van der Waals surface area contributed by atoms with Crippen LogP contribution in [0, 0.1) is 0 Å². The molecule has 8 heteroatoms. The van der Waals surface area contributed by atoms with Gasteiger partial charge in [-0.25, -0.2) is 8.42 Å². The number of hydrogen-bond acceptors (Lipinski definition) is 5. The number of carbonyl (C=O) groups excluding carboxylic acids is 1. The quantitative estimate of drug-likeness (QED) is 0.847. The minimum Gasteiger partial charge on any atom is -0.391 e. The topological polar surface area (TPSA) is 77.9 Å². The number of thiophene rings is 1. The second-order valence-electron chi connectivity index (χ2n) is 4.48. The van der Waals surface area contributed by atoms with Gasteiger partial charge in [0.15, 0.2) is 0 Å². The van der Waals surface area contributed by atoms with Gasteiger partial charge in [-0.2, -0.15) is 4.31 Å². The Morgan fingerprint density at radius 1 is 1.63 bits per heavy atom. The van der Waals surface area contributed by atoms with Gasteiger partial charge in [-0.3, -0.25) is 4.79 Å². The molecule has 1 N–H and O–H groups in total. The van der Waals surface area contributed by atoms with E-state index in [0.717, 1.165) is 15.6 Å². The second kappa shape index (κ2) is 5.58. The molecule has 0 aliphatic carbocycles. The molecule has 1 aromatic rings. The van der Waals surface area contributed by atoms with Crippen LogP contribution < -0.4 is 0 Å². The molecule has 1 saturated heterocycles. The molecular weight excluding hydrogens is 288 g/mol. The number of carbonyl (C=O) groups is 1. The monoisotopic (exact) mass is 304 g/mol. The fraction of sp³-hybridized carbons (Fsp3) is 0.545. The molecule has 0 radical (unpaired) electrons. The lowest BCUT2D eigenvalue weighted by Crippen LogP contribution is -2.40. The van der Waals surface area contributed by atoms with E-state index in [1.54, 1.807) is 11.4 Å². The zero-order valence-electron chi connectivity index (χ0n) is 10.5. The van der Waals surface area contributed by atoms with E-state index in [0.29, 0.717) is 13.0 Å². The van der Waals surface area contributed by atoms with Crippen LogP contribution in [0.4, 0.5) is 0 Å². The van der Waals surface area contributed by atoms with Crippen LogP contribution in [0.3, 0.4) is 0 Å². The largest absolute Gasteiger partial charge is 0.391 e. The summed E-state index contributed by atoms with van der Waals surface area (Å²) in [5.41, 5.74) is 0. The number of aliphatic hydroxyl groups excluding tert-OH is 1. The van der Waals surface area contributed by atoms with Gasteiger partial charge in [-0.1, -0.05) is 6.07 Å². The summed E-state index contributed by atoms with van der Waals surface area (Å²) < 4.78 is 25.5. The van der Waals surface area contributed by atoms with Crippen molar-refractivity contribution in [1.29, 1.82) is 0 Å². The standard InChI is InChI=1S/C11H16N2O4S2/c1-12(19(16,17)11-3-2-6-18-11)8-10(15)13-5-4-9(14)7-13/h2-3,6,9,14H,4-5,7-8H2,1H3/t9-/m0/s1. The van der Waals surface area contributed by atoms with Gasteiger partial charge in [0.1, 0.15) is 4.21 Å². The number of aliphatic hydroxyl groups is 1. The summed E-state index contributed by atoms with van der Waals surface area (Å²) in [6.45, 7) is 0.561. The molecule has 0 saturated carbocycles. The maximum absolute atomic E-state index is 12.1. The second-order valence-corrected chi connectivity index (χ2v) is 7.69. The summed E-state index contributed by atoms with van der Waals surface area (Å²) in [4.78, 5) is 13.4. The number of likely N-dealkylation sites (tertiary alicyclic amines) is 1. The molecule has 1 fully saturated rings. The van der Waals surface area contributed by atoms with Gasteiger partial charge in [0, 0.05) is 20.1 Å². The van der Waals surface area contributed by atoms with E-state index >= 15 is 0 Å². The smallest absolute Gasteiger partial charge is 0.252 e. The van der Waals surface area contributed by atoms with E-state index in [9.17, 15) is 18.3 Å². The summed E-state index contributed by atoms with van der Waals surface area (Å²) >= 11 is 1.12. The molecule has 1 aliphatic heterocycles. The minimum absolute atomic E-state index is 0.201. The molecule has 1 aliphatic rings. The summed E-state index contributed by atoms with van der Waals surface area (Å²) in [5.74, 6) is -0.279. The lowest BCUT2D eigenvalue weighted by molar-refractivity contribution is -0.130. The first-order valence-corrected chi connectivity index (χ1v) is 8.19. The number of amides is 1. The molecule has 1 atom stereocenters. The Labute approximate surface area is 116 Å². The number of likely N-dealkylation sites (N-methyl/N-ethyl adjacent to an activating group) is 1. The highest BCUT2D eigenvalue weighted by atomic mass is 32.2. The van der Waals surface area contributed by atoms with E-state index in [1.165, 1.54) is 18.0 Å². The van der Waals surface area contributed by atoms with Gasteiger partial charge in [-0.05, 0) is 17.9 Å². The van der Waals surface area contributed by atoms with Crippen molar-refractivity contribution in [3.63, 3.8) is 0 Å². The fourth-order valence-corrected chi connectivity index (χ4v) is 4.23. The zero-order valence-corrected chi connectivity index (χ0v) is 12.2. The molecule has 0 spiro atoms. The predicted octanol–water partition coefficient (Wildman–Crippen LogP) is -0.0382. The third kappa shape index (κ3) is 3.14. The molecule has 0 bridgehead atoms. The van der Waals surface area contributed by atoms with E-state index < -0.39 is 16.1 Å². The average molecular weight is 304 g/mol. The SMILES string of the molecule is CN(CC(=O)N1CC[C@H](O)C1)S(=O)(=O)c1cccs1. The van der Waals surface area contributed by atoms with Gasteiger partial charge in [0.05, 0.1) is 12.6 Å². The van der Waals surface area contributed by atoms with Crippen molar-refractivity contribution in [3.05, 3.63) is 17.5 Å². The number of hydrogen-bond donors (Lipinski definition) is 1.